The first kappa shape index (κ1) is 18.4. The Labute approximate surface area is 172 Å². The second kappa shape index (κ2) is 8.34. The molecule has 0 saturated heterocycles. The van der Waals surface area contributed by atoms with E-state index in [4.69, 9.17) is 0 Å². The normalized spacial score (nSPS) is 11.0. The van der Waals surface area contributed by atoms with E-state index in [2.05, 4.69) is 20.5 Å². The van der Waals surface area contributed by atoms with Crippen LogP contribution in [0.3, 0.4) is 0 Å². The van der Waals surface area contributed by atoms with Crippen molar-refractivity contribution in [3.05, 3.63) is 40.4 Å². The van der Waals surface area contributed by atoms with Crippen LogP contribution >= 0.6 is 45.8 Å². The van der Waals surface area contributed by atoms with Crippen LogP contribution in [0.4, 0.5) is 5.13 Å². The van der Waals surface area contributed by atoms with Crippen LogP contribution in [0.25, 0.3) is 21.3 Å². The molecule has 4 heterocycles. The van der Waals surface area contributed by atoms with Gasteiger partial charge in [-0.15, -0.1) is 44.2 Å². The lowest BCUT2D eigenvalue weighted by atomic mass is 10.4. The molecule has 0 aliphatic rings. The number of nitrogens with zero attached hydrogens (tertiary/aromatic N) is 4. The largest absolute Gasteiger partial charge is 0.302 e. The minimum Gasteiger partial charge on any atom is -0.302 e. The molecule has 138 valence electrons. The molecule has 10 heteroatoms. The molecule has 0 unspecified atom stereocenters. The van der Waals surface area contributed by atoms with Crippen LogP contribution in [-0.4, -0.2) is 31.4 Å². The van der Waals surface area contributed by atoms with E-state index in [0.29, 0.717) is 5.13 Å². The Kier molecular flexibility index (Phi) is 5.67. The predicted molar refractivity (Wildman–Crippen MR) is 114 cm³/mol. The van der Waals surface area contributed by atoms with E-state index >= 15 is 0 Å². The number of thiophene rings is 2. The molecule has 0 bridgehead atoms. The number of carbonyl (C=O) groups is 1. The lowest BCUT2D eigenvalue weighted by Gasteiger charge is -2.06. The zero-order valence-corrected chi connectivity index (χ0v) is 17.6. The zero-order valence-electron chi connectivity index (χ0n) is 14.3. The van der Waals surface area contributed by atoms with Gasteiger partial charge < -0.3 is 9.88 Å². The summed E-state index contributed by atoms with van der Waals surface area (Å²) in [5.41, 5.74) is 0.893. The minimum atomic E-state index is -0.101. The van der Waals surface area contributed by atoms with Gasteiger partial charge in [0.05, 0.1) is 21.2 Å². The first-order valence-corrected chi connectivity index (χ1v) is 11.8. The quantitative estimate of drug-likeness (QED) is 0.418. The Morgan fingerprint density at radius 2 is 1.93 bits per heavy atom. The molecule has 4 rings (SSSR count). The fourth-order valence-electron chi connectivity index (χ4n) is 2.42. The molecule has 0 fully saturated rings. The lowest BCUT2D eigenvalue weighted by molar-refractivity contribution is -0.113. The summed E-state index contributed by atoms with van der Waals surface area (Å²) in [6, 6.07) is 8.02. The molecule has 1 amide bonds. The summed E-state index contributed by atoms with van der Waals surface area (Å²) in [5.74, 6) is 1.00. The molecule has 0 spiro atoms. The molecular formula is C17H15N5OS4. The van der Waals surface area contributed by atoms with Gasteiger partial charge in [-0.25, -0.2) is 4.98 Å². The van der Waals surface area contributed by atoms with Crippen molar-refractivity contribution in [3.63, 3.8) is 0 Å². The van der Waals surface area contributed by atoms with E-state index in [1.165, 1.54) is 23.1 Å². The maximum absolute atomic E-state index is 12.3. The average molecular weight is 434 g/mol. The minimum absolute atomic E-state index is 0.101. The van der Waals surface area contributed by atoms with Crippen molar-refractivity contribution in [1.82, 2.24) is 19.7 Å². The van der Waals surface area contributed by atoms with Crippen molar-refractivity contribution < 1.29 is 4.79 Å². The van der Waals surface area contributed by atoms with Crippen molar-refractivity contribution in [2.45, 2.75) is 18.6 Å². The van der Waals surface area contributed by atoms with Crippen LogP contribution in [0.5, 0.6) is 0 Å². The van der Waals surface area contributed by atoms with E-state index in [9.17, 15) is 4.79 Å². The molecule has 0 aromatic carbocycles. The Balaban J connectivity index is 1.38. The van der Waals surface area contributed by atoms with Crippen LogP contribution in [0.1, 0.15) is 6.92 Å². The molecule has 4 aromatic rings. The number of nitrogens with one attached hydrogen (secondary N) is 1. The van der Waals surface area contributed by atoms with Crippen molar-refractivity contribution in [3.8, 4) is 21.3 Å². The summed E-state index contributed by atoms with van der Waals surface area (Å²) in [4.78, 5) is 18.9. The summed E-state index contributed by atoms with van der Waals surface area (Å²) in [6.45, 7) is 2.80. The molecular weight excluding hydrogens is 418 g/mol. The monoisotopic (exact) mass is 433 g/mol. The highest BCUT2D eigenvalue weighted by Crippen LogP contribution is 2.29. The van der Waals surface area contributed by atoms with Crippen molar-refractivity contribution in [2.75, 3.05) is 11.1 Å². The number of aromatic nitrogens is 4. The third-order valence-electron chi connectivity index (χ3n) is 3.63. The van der Waals surface area contributed by atoms with Crippen LogP contribution in [-0.2, 0) is 11.3 Å². The van der Waals surface area contributed by atoms with Gasteiger partial charge in [-0.3, -0.25) is 4.79 Å². The Morgan fingerprint density at radius 1 is 1.15 bits per heavy atom. The van der Waals surface area contributed by atoms with Gasteiger partial charge in [0.15, 0.2) is 16.1 Å². The summed E-state index contributed by atoms with van der Waals surface area (Å²) >= 11 is 6.07. The van der Waals surface area contributed by atoms with Crippen molar-refractivity contribution in [1.29, 1.82) is 0 Å². The molecule has 6 nitrogen and oxygen atoms in total. The van der Waals surface area contributed by atoms with Gasteiger partial charge in [0, 0.05) is 11.9 Å². The molecule has 4 aromatic heterocycles. The number of hydrogen-bond acceptors (Lipinski definition) is 8. The highest BCUT2D eigenvalue weighted by Gasteiger charge is 2.16. The molecule has 0 aliphatic carbocycles. The highest BCUT2D eigenvalue weighted by molar-refractivity contribution is 7.99. The number of thioether (sulfide) groups is 1. The van der Waals surface area contributed by atoms with E-state index in [0.717, 1.165) is 33.0 Å². The molecule has 0 atom stereocenters. The summed E-state index contributed by atoms with van der Waals surface area (Å²) in [5, 5.41) is 18.7. The number of rotatable bonds is 7. The molecule has 1 N–H and O–H groups in total. The van der Waals surface area contributed by atoms with Gasteiger partial charge in [-0.1, -0.05) is 23.9 Å². The van der Waals surface area contributed by atoms with E-state index in [-0.39, 0.29) is 11.7 Å². The van der Waals surface area contributed by atoms with Gasteiger partial charge in [0.25, 0.3) is 0 Å². The SMILES string of the molecule is CCn1c(SCC(=O)Nc2nc(-c3cccs3)cs2)nnc1-c1cccs1. The highest BCUT2D eigenvalue weighted by atomic mass is 32.2. The first-order chi connectivity index (χ1) is 13.2. The van der Waals surface area contributed by atoms with E-state index in [1.54, 1.807) is 22.7 Å². The fourth-order valence-corrected chi connectivity index (χ4v) is 5.43. The van der Waals surface area contributed by atoms with Gasteiger partial charge in [-0.2, -0.15) is 0 Å². The maximum Gasteiger partial charge on any atom is 0.236 e. The lowest BCUT2D eigenvalue weighted by Crippen LogP contribution is -2.14. The zero-order chi connectivity index (χ0) is 18.6. The molecule has 0 radical (unpaired) electrons. The Morgan fingerprint density at radius 3 is 2.63 bits per heavy atom. The summed E-state index contributed by atoms with van der Waals surface area (Å²) in [6.07, 6.45) is 0. The second-order valence-corrected chi connectivity index (χ2v) is 9.08. The standard InChI is InChI=1S/C17H15N5OS4/c1-2-22-15(13-6-4-8-25-13)20-21-17(22)27-10-14(23)19-16-18-11(9-26-16)12-5-3-7-24-12/h3-9H,2,10H2,1H3,(H,18,19,23). The third-order valence-corrected chi connectivity index (χ3v) is 7.11. The van der Waals surface area contributed by atoms with Crippen molar-refractivity contribution in [2.24, 2.45) is 0 Å². The van der Waals surface area contributed by atoms with Crippen LogP contribution in [0.2, 0.25) is 0 Å². The number of hydrogen-bond donors (Lipinski definition) is 1. The van der Waals surface area contributed by atoms with Crippen molar-refractivity contribution >= 4 is 56.8 Å². The third kappa shape index (κ3) is 4.13. The fraction of sp³-hybridized carbons (Fsp3) is 0.176. The topological polar surface area (TPSA) is 72.7 Å². The smallest absolute Gasteiger partial charge is 0.236 e. The number of amides is 1. The molecule has 0 saturated carbocycles. The van der Waals surface area contributed by atoms with Gasteiger partial charge in [0.2, 0.25) is 5.91 Å². The summed E-state index contributed by atoms with van der Waals surface area (Å²) in [7, 11) is 0. The van der Waals surface area contributed by atoms with Crippen LogP contribution < -0.4 is 5.32 Å². The maximum atomic E-state index is 12.3. The van der Waals surface area contributed by atoms with E-state index < -0.39 is 0 Å². The Bertz CT molecular complexity index is 1020. The predicted octanol–water partition coefficient (Wildman–Crippen LogP) is 4.94. The second-order valence-electron chi connectivity index (χ2n) is 5.38. The van der Waals surface area contributed by atoms with E-state index in [1.807, 2.05) is 51.9 Å². The number of thiazole rings is 1. The molecule has 0 aliphatic heterocycles. The van der Waals surface area contributed by atoms with Crippen LogP contribution in [0.15, 0.2) is 45.6 Å². The first-order valence-electron chi connectivity index (χ1n) is 8.13. The van der Waals surface area contributed by atoms with Gasteiger partial charge in [0.1, 0.15) is 0 Å². The van der Waals surface area contributed by atoms with Gasteiger partial charge >= 0.3 is 0 Å². The van der Waals surface area contributed by atoms with Crippen LogP contribution in [0, 0.1) is 0 Å². The number of carbonyl (C=O) groups excluding carboxylic acids is 1. The Hall–Kier alpha value is -2.01. The average Bonchev–Trinajstić information content (AvgIpc) is 3.46. The van der Waals surface area contributed by atoms with Gasteiger partial charge in [-0.05, 0) is 29.8 Å². The summed E-state index contributed by atoms with van der Waals surface area (Å²) < 4.78 is 2.03. The molecule has 27 heavy (non-hydrogen) atoms. The number of anilines is 1.